The van der Waals surface area contributed by atoms with E-state index >= 15 is 0 Å². The Labute approximate surface area is 221 Å². The lowest BCUT2D eigenvalue weighted by Crippen LogP contribution is -2.47. The average Bonchev–Trinajstić information content (AvgIpc) is 3.18. The highest BCUT2D eigenvalue weighted by atomic mass is 19.4. The lowest BCUT2D eigenvalue weighted by atomic mass is 9.93. The SMILES string of the molecule is CCc1cccc([C@@H]2C[C@H](NC(C)(C)c3ccc(C(F)(F)F)nc3)C(=O)N2c2ccc(OC(F)(F)F)cc2)c1. The Kier molecular flexibility index (Phi) is 7.66. The van der Waals surface area contributed by atoms with Gasteiger partial charge in [-0.1, -0.05) is 37.3 Å². The Balaban J connectivity index is 1.64. The minimum absolute atomic E-state index is 0.320. The third-order valence-electron chi connectivity index (χ3n) is 6.71. The second-order valence-corrected chi connectivity index (χ2v) is 9.85. The molecule has 1 aliphatic rings. The molecule has 4 rings (SSSR count). The molecule has 2 heterocycles. The standard InChI is InChI=1S/C28H27F6N3O2/c1-4-17-6-5-7-18(14-17)23-15-22(36-26(2,3)19-8-13-24(35-16-19)27(29,30)31)25(38)37(23)20-9-11-21(12-10-20)39-28(32,33)34/h5-14,16,22-23,36H,4,15H2,1-3H3/t22-,23-/m0/s1. The first-order chi connectivity index (χ1) is 18.2. The molecular weight excluding hydrogens is 524 g/mol. The fourth-order valence-corrected chi connectivity index (χ4v) is 4.74. The summed E-state index contributed by atoms with van der Waals surface area (Å²) in [5.74, 6) is -0.729. The summed E-state index contributed by atoms with van der Waals surface area (Å²) < 4.78 is 80.8. The molecule has 208 valence electrons. The minimum atomic E-state index is -4.85. The quantitative estimate of drug-likeness (QED) is 0.324. The van der Waals surface area contributed by atoms with Gasteiger partial charge < -0.3 is 9.64 Å². The molecule has 1 saturated heterocycles. The molecule has 0 bridgehead atoms. The van der Waals surface area contributed by atoms with Gasteiger partial charge in [0.1, 0.15) is 11.4 Å². The van der Waals surface area contributed by atoms with Crippen LogP contribution in [0.3, 0.4) is 0 Å². The number of amides is 1. The number of anilines is 1. The Morgan fingerprint density at radius 1 is 1.00 bits per heavy atom. The van der Waals surface area contributed by atoms with Gasteiger partial charge in [-0.05, 0) is 73.7 Å². The lowest BCUT2D eigenvalue weighted by molar-refractivity contribution is -0.274. The summed E-state index contributed by atoms with van der Waals surface area (Å²) in [7, 11) is 0. The first kappa shape index (κ1) is 28.4. The number of carbonyl (C=O) groups is 1. The average molecular weight is 552 g/mol. The number of nitrogens with zero attached hydrogens (tertiary/aromatic N) is 2. The number of aryl methyl sites for hydroxylation is 1. The fraction of sp³-hybridized carbons (Fsp3) is 0.357. The minimum Gasteiger partial charge on any atom is -0.406 e. The molecule has 2 aromatic carbocycles. The summed E-state index contributed by atoms with van der Waals surface area (Å²) in [4.78, 5) is 18.8. The van der Waals surface area contributed by atoms with Crippen molar-refractivity contribution >= 4 is 11.6 Å². The summed E-state index contributed by atoms with van der Waals surface area (Å²) in [6.07, 6.45) is -7.19. The molecule has 1 N–H and O–H groups in total. The molecule has 0 saturated carbocycles. The fourth-order valence-electron chi connectivity index (χ4n) is 4.74. The van der Waals surface area contributed by atoms with Crippen LogP contribution >= 0.6 is 0 Å². The zero-order chi connectivity index (χ0) is 28.6. The van der Waals surface area contributed by atoms with E-state index in [2.05, 4.69) is 15.0 Å². The maximum Gasteiger partial charge on any atom is 0.573 e. The summed E-state index contributed by atoms with van der Waals surface area (Å²) >= 11 is 0. The van der Waals surface area contributed by atoms with E-state index in [0.717, 1.165) is 41.9 Å². The third-order valence-corrected chi connectivity index (χ3v) is 6.71. The van der Waals surface area contributed by atoms with Crippen LogP contribution in [0.5, 0.6) is 5.75 Å². The molecule has 3 aromatic rings. The number of pyridine rings is 1. The highest BCUT2D eigenvalue weighted by molar-refractivity contribution is 6.00. The normalized spacial score (nSPS) is 18.5. The van der Waals surface area contributed by atoms with Crippen LogP contribution < -0.4 is 15.0 Å². The van der Waals surface area contributed by atoms with Crippen molar-refractivity contribution in [1.82, 2.24) is 10.3 Å². The van der Waals surface area contributed by atoms with Crippen molar-refractivity contribution in [2.24, 2.45) is 0 Å². The summed E-state index contributed by atoms with van der Waals surface area (Å²) in [5, 5.41) is 3.26. The van der Waals surface area contributed by atoms with Crippen molar-refractivity contribution < 1.29 is 35.9 Å². The van der Waals surface area contributed by atoms with Crippen LogP contribution in [0.25, 0.3) is 0 Å². The van der Waals surface area contributed by atoms with E-state index in [1.54, 1.807) is 13.8 Å². The summed E-state index contributed by atoms with van der Waals surface area (Å²) in [6, 6.07) is 13.8. The Hall–Kier alpha value is -3.60. The van der Waals surface area contributed by atoms with Crippen molar-refractivity contribution in [1.29, 1.82) is 0 Å². The van der Waals surface area contributed by atoms with Crippen molar-refractivity contribution in [2.45, 2.75) is 63.8 Å². The van der Waals surface area contributed by atoms with Gasteiger partial charge in [0.15, 0.2) is 0 Å². The molecule has 39 heavy (non-hydrogen) atoms. The van der Waals surface area contributed by atoms with E-state index < -0.39 is 41.6 Å². The number of hydrogen-bond acceptors (Lipinski definition) is 4. The van der Waals surface area contributed by atoms with Gasteiger partial charge in [-0.2, -0.15) is 13.2 Å². The van der Waals surface area contributed by atoms with Crippen LogP contribution in [0.4, 0.5) is 32.0 Å². The predicted molar refractivity (Wildman–Crippen MR) is 133 cm³/mol. The third kappa shape index (κ3) is 6.52. The van der Waals surface area contributed by atoms with Gasteiger partial charge in [-0.3, -0.25) is 15.1 Å². The van der Waals surface area contributed by atoms with Crippen LogP contribution in [-0.2, 0) is 22.9 Å². The number of ether oxygens (including phenoxy) is 1. The highest BCUT2D eigenvalue weighted by Crippen LogP contribution is 2.40. The van der Waals surface area contributed by atoms with Gasteiger partial charge in [0, 0.05) is 17.4 Å². The Morgan fingerprint density at radius 2 is 1.69 bits per heavy atom. The molecule has 0 unspecified atom stereocenters. The Morgan fingerprint density at radius 3 is 2.26 bits per heavy atom. The van der Waals surface area contributed by atoms with E-state index in [1.807, 2.05) is 31.2 Å². The molecule has 1 amide bonds. The van der Waals surface area contributed by atoms with E-state index in [9.17, 15) is 31.1 Å². The first-order valence-corrected chi connectivity index (χ1v) is 12.3. The van der Waals surface area contributed by atoms with Crippen LogP contribution in [0.15, 0.2) is 66.9 Å². The van der Waals surface area contributed by atoms with Crippen LogP contribution in [0, 0.1) is 0 Å². The number of benzene rings is 2. The zero-order valence-corrected chi connectivity index (χ0v) is 21.4. The zero-order valence-electron chi connectivity index (χ0n) is 21.4. The largest absolute Gasteiger partial charge is 0.573 e. The van der Waals surface area contributed by atoms with Gasteiger partial charge in [0.2, 0.25) is 5.91 Å². The molecule has 1 aromatic heterocycles. The summed E-state index contributed by atoms with van der Waals surface area (Å²) in [6.45, 7) is 5.48. The molecule has 0 radical (unpaired) electrons. The number of rotatable bonds is 7. The van der Waals surface area contributed by atoms with E-state index in [4.69, 9.17) is 0 Å². The maximum absolute atomic E-state index is 13.7. The second kappa shape index (κ2) is 10.5. The van der Waals surface area contributed by atoms with Crippen molar-refractivity contribution in [3.05, 3.63) is 89.2 Å². The number of carbonyl (C=O) groups excluding carboxylic acids is 1. The van der Waals surface area contributed by atoms with E-state index in [-0.39, 0.29) is 5.91 Å². The van der Waals surface area contributed by atoms with Gasteiger partial charge >= 0.3 is 12.5 Å². The highest BCUT2D eigenvalue weighted by Gasteiger charge is 2.44. The Bertz CT molecular complexity index is 1300. The van der Waals surface area contributed by atoms with Gasteiger partial charge in [0.25, 0.3) is 0 Å². The van der Waals surface area contributed by atoms with Crippen LogP contribution in [0.1, 0.15) is 55.6 Å². The molecule has 1 fully saturated rings. The van der Waals surface area contributed by atoms with Crippen molar-refractivity contribution in [3.63, 3.8) is 0 Å². The smallest absolute Gasteiger partial charge is 0.406 e. The number of nitrogens with one attached hydrogen (secondary N) is 1. The van der Waals surface area contributed by atoms with Crippen molar-refractivity contribution in [2.75, 3.05) is 4.90 Å². The van der Waals surface area contributed by atoms with Crippen LogP contribution in [-0.4, -0.2) is 23.3 Å². The first-order valence-electron chi connectivity index (χ1n) is 12.3. The number of halogens is 6. The van der Waals surface area contributed by atoms with Crippen molar-refractivity contribution in [3.8, 4) is 5.75 Å². The lowest BCUT2D eigenvalue weighted by Gasteiger charge is -2.30. The molecule has 0 aliphatic carbocycles. The molecule has 11 heteroatoms. The maximum atomic E-state index is 13.7. The van der Waals surface area contributed by atoms with Crippen LogP contribution in [0.2, 0.25) is 0 Å². The predicted octanol–water partition coefficient (Wildman–Crippen LogP) is 6.93. The van der Waals surface area contributed by atoms with Gasteiger partial charge in [0.05, 0.1) is 12.1 Å². The number of aromatic nitrogens is 1. The molecular formula is C28H27F6N3O2. The van der Waals surface area contributed by atoms with E-state index in [0.29, 0.717) is 17.7 Å². The summed E-state index contributed by atoms with van der Waals surface area (Å²) in [5.41, 5.74) is 0.824. The molecule has 2 atom stereocenters. The van der Waals surface area contributed by atoms with Gasteiger partial charge in [-0.15, -0.1) is 13.2 Å². The van der Waals surface area contributed by atoms with Gasteiger partial charge in [-0.25, -0.2) is 0 Å². The van der Waals surface area contributed by atoms with E-state index in [1.165, 1.54) is 23.1 Å². The second-order valence-electron chi connectivity index (χ2n) is 9.85. The monoisotopic (exact) mass is 551 g/mol. The number of alkyl halides is 6. The number of hydrogen-bond donors (Lipinski definition) is 1. The molecule has 5 nitrogen and oxygen atoms in total. The topological polar surface area (TPSA) is 54.5 Å². The molecule has 1 aliphatic heterocycles. The molecule has 0 spiro atoms.